The maximum absolute atomic E-state index is 5.89. The predicted molar refractivity (Wildman–Crippen MR) is 84.8 cm³/mol. The number of allylic oxidation sites excluding steroid dienone is 1. The fraction of sp³-hybridized carbons (Fsp3) is 0.263. The van der Waals surface area contributed by atoms with Gasteiger partial charge in [0.15, 0.2) is 0 Å². The molecular formula is C19H20O2. The smallest absolute Gasteiger partial charge is 0.130 e. The Morgan fingerprint density at radius 1 is 1.19 bits per heavy atom. The number of benzene rings is 2. The highest BCUT2D eigenvalue weighted by Crippen LogP contribution is 2.36. The average molecular weight is 280 g/mol. The van der Waals surface area contributed by atoms with Crippen LogP contribution in [0, 0.1) is 12.8 Å². The molecule has 0 spiro atoms. The van der Waals surface area contributed by atoms with E-state index >= 15 is 0 Å². The molecule has 0 bridgehead atoms. The molecule has 1 atom stereocenters. The lowest BCUT2D eigenvalue weighted by Gasteiger charge is -2.27. The summed E-state index contributed by atoms with van der Waals surface area (Å²) in [6.07, 6.45) is 1.90. The lowest BCUT2D eigenvalue weighted by atomic mass is 9.89. The normalized spacial score (nSPS) is 17.0. The second kappa shape index (κ2) is 5.65. The number of ether oxygens (including phenoxy) is 2. The van der Waals surface area contributed by atoms with E-state index in [1.165, 1.54) is 16.7 Å². The summed E-state index contributed by atoms with van der Waals surface area (Å²) >= 11 is 0. The molecule has 2 nitrogen and oxygen atoms in total. The van der Waals surface area contributed by atoms with E-state index < -0.39 is 0 Å². The number of methoxy groups -OCH3 is 1. The summed E-state index contributed by atoms with van der Waals surface area (Å²) in [5.74, 6) is 2.94. The molecule has 1 heterocycles. The molecule has 1 aliphatic rings. The van der Waals surface area contributed by atoms with E-state index in [1.54, 1.807) is 7.11 Å². The monoisotopic (exact) mass is 280 g/mol. The SMILES string of the molecule is C=C1Oc2ccc(OC)cc2CC1Cc1ccc(C)cc1. The van der Waals surface area contributed by atoms with E-state index in [2.05, 4.69) is 43.8 Å². The Bertz CT molecular complexity index is 656. The Morgan fingerprint density at radius 3 is 2.67 bits per heavy atom. The molecule has 3 rings (SSSR count). The van der Waals surface area contributed by atoms with Crippen molar-refractivity contribution in [3.8, 4) is 11.5 Å². The van der Waals surface area contributed by atoms with Crippen molar-refractivity contribution in [3.05, 3.63) is 71.5 Å². The zero-order valence-corrected chi connectivity index (χ0v) is 12.6. The second-order valence-electron chi connectivity index (χ2n) is 5.63. The minimum Gasteiger partial charge on any atom is -0.497 e. The third kappa shape index (κ3) is 2.94. The lowest BCUT2D eigenvalue weighted by Crippen LogP contribution is -2.20. The van der Waals surface area contributed by atoms with Crippen LogP contribution in [-0.4, -0.2) is 7.11 Å². The van der Waals surface area contributed by atoms with Gasteiger partial charge in [-0.15, -0.1) is 0 Å². The van der Waals surface area contributed by atoms with Gasteiger partial charge < -0.3 is 9.47 Å². The van der Waals surface area contributed by atoms with Gasteiger partial charge >= 0.3 is 0 Å². The minimum absolute atomic E-state index is 0.312. The number of rotatable bonds is 3. The quantitative estimate of drug-likeness (QED) is 0.834. The molecule has 0 aromatic heterocycles. The molecule has 0 radical (unpaired) electrons. The van der Waals surface area contributed by atoms with Gasteiger partial charge in [0.25, 0.3) is 0 Å². The van der Waals surface area contributed by atoms with Crippen LogP contribution >= 0.6 is 0 Å². The van der Waals surface area contributed by atoms with Crippen LogP contribution in [0.1, 0.15) is 16.7 Å². The van der Waals surface area contributed by atoms with Gasteiger partial charge in [0.05, 0.1) is 7.11 Å². The molecule has 0 saturated carbocycles. The molecule has 0 N–H and O–H groups in total. The van der Waals surface area contributed by atoms with Crippen LogP contribution in [0.5, 0.6) is 11.5 Å². The highest BCUT2D eigenvalue weighted by Gasteiger charge is 2.24. The van der Waals surface area contributed by atoms with Crippen LogP contribution in [-0.2, 0) is 12.8 Å². The fourth-order valence-corrected chi connectivity index (χ4v) is 2.74. The molecule has 21 heavy (non-hydrogen) atoms. The number of hydrogen-bond acceptors (Lipinski definition) is 2. The summed E-state index contributed by atoms with van der Waals surface area (Å²) in [4.78, 5) is 0. The first-order valence-electron chi connectivity index (χ1n) is 7.25. The molecule has 0 aliphatic carbocycles. The minimum atomic E-state index is 0.312. The van der Waals surface area contributed by atoms with Gasteiger partial charge in [-0.1, -0.05) is 36.4 Å². The van der Waals surface area contributed by atoms with E-state index in [-0.39, 0.29) is 0 Å². The maximum Gasteiger partial charge on any atom is 0.130 e. The summed E-state index contributed by atoms with van der Waals surface area (Å²) < 4.78 is 11.2. The first kappa shape index (κ1) is 13.7. The first-order valence-corrected chi connectivity index (χ1v) is 7.25. The van der Waals surface area contributed by atoms with Crippen LogP contribution in [0.2, 0.25) is 0 Å². The second-order valence-corrected chi connectivity index (χ2v) is 5.63. The van der Waals surface area contributed by atoms with Crippen LogP contribution in [0.3, 0.4) is 0 Å². The van der Waals surface area contributed by atoms with Crippen LogP contribution in [0.4, 0.5) is 0 Å². The van der Waals surface area contributed by atoms with Gasteiger partial charge in [0.1, 0.15) is 17.3 Å². The van der Waals surface area contributed by atoms with E-state index in [1.807, 2.05) is 12.1 Å². The highest BCUT2D eigenvalue weighted by atomic mass is 16.5. The molecule has 0 amide bonds. The molecule has 108 valence electrons. The topological polar surface area (TPSA) is 18.5 Å². The Hall–Kier alpha value is -2.22. The Kier molecular flexibility index (Phi) is 3.70. The predicted octanol–water partition coefficient (Wildman–Crippen LogP) is 4.31. The molecule has 0 fully saturated rings. The van der Waals surface area contributed by atoms with Crippen LogP contribution in [0.25, 0.3) is 0 Å². The summed E-state index contributed by atoms with van der Waals surface area (Å²) in [6, 6.07) is 14.6. The zero-order valence-electron chi connectivity index (χ0n) is 12.6. The Balaban J connectivity index is 1.80. The summed E-state index contributed by atoms with van der Waals surface area (Å²) in [5, 5.41) is 0. The van der Waals surface area contributed by atoms with Gasteiger partial charge in [-0.25, -0.2) is 0 Å². The summed E-state index contributed by atoms with van der Waals surface area (Å²) in [5.41, 5.74) is 3.80. The number of hydrogen-bond donors (Lipinski definition) is 0. The molecule has 2 aromatic carbocycles. The van der Waals surface area contributed by atoms with Gasteiger partial charge in [-0.05, 0) is 49.1 Å². The molecule has 1 unspecified atom stereocenters. The number of fused-ring (bicyclic) bond motifs is 1. The third-order valence-electron chi connectivity index (χ3n) is 4.03. The van der Waals surface area contributed by atoms with E-state index in [0.717, 1.165) is 30.1 Å². The van der Waals surface area contributed by atoms with Crippen molar-refractivity contribution in [2.24, 2.45) is 5.92 Å². The standard InChI is InChI=1S/C19H20O2/c1-13-4-6-15(7-5-13)10-16-11-17-12-18(20-3)8-9-19(17)21-14(16)2/h4-9,12,16H,2,10-11H2,1,3H3. The van der Waals surface area contributed by atoms with Gasteiger partial charge in [-0.2, -0.15) is 0 Å². The Morgan fingerprint density at radius 2 is 1.95 bits per heavy atom. The molecule has 2 aromatic rings. The van der Waals surface area contributed by atoms with Crippen molar-refractivity contribution in [2.75, 3.05) is 7.11 Å². The van der Waals surface area contributed by atoms with Crippen LogP contribution < -0.4 is 9.47 Å². The van der Waals surface area contributed by atoms with Crippen molar-refractivity contribution in [3.63, 3.8) is 0 Å². The van der Waals surface area contributed by atoms with Gasteiger partial charge in [-0.3, -0.25) is 0 Å². The fourth-order valence-electron chi connectivity index (χ4n) is 2.74. The van der Waals surface area contributed by atoms with Crippen molar-refractivity contribution < 1.29 is 9.47 Å². The van der Waals surface area contributed by atoms with E-state index in [9.17, 15) is 0 Å². The van der Waals surface area contributed by atoms with Crippen LogP contribution in [0.15, 0.2) is 54.8 Å². The van der Waals surface area contributed by atoms with E-state index in [0.29, 0.717) is 5.92 Å². The highest BCUT2D eigenvalue weighted by molar-refractivity contribution is 5.44. The van der Waals surface area contributed by atoms with Crippen molar-refractivity contribution in [1.29, 1.82) is 0 Å². The molecular weight excluding hydrogens is 260 g/mol. The maximum atomic E-state index is 5.89. The first-order chi connectivity index (χ1) is 10.2. The van der Waals surface area contributed by atoms with E-state index in [4.69, 9.17) is 9.47 Å². The summed E-state index contributed by atoms with van der Waals surface area (Å²) in [6.45, 7) is 6.20. The van der Waals surface area contributed by atoms with Gasteiger partial charge in [0, 0.05) is 5.92 Å². The zero-order chi connectivity index (χ0) is 14.8. The average Bonchev–Trinajstić information content (AvgIpc) is 2.50. The van der Waals surface area contributed by atoms with Gasteiger partial charge in [0.2, 0.25) is 0 Å². The van der Waals surface area contributed by atoms with Crippen molar-refractivity contribution >= 4 is 0 Å². The molecule has 1 aliphatic heterocycles. The third-order valence-corrected chi connectivity index (χ3v) is 4.03. The largest absolute Gasteiger partial charge is 0.497 e. The summed E-state index contributed by atoms with van der Waals surface area (Å²) in [7, 11) is 1.69. The molecule has 2 heteroatoms. The number of aryl methyl sites for hydroxylation is 1. The van der Waals surface area contributed by atoms with Crippen molar-refractivity contribution in [1.82, 2.24) is 0 Å². The lowest BCUT2D eigenvalue weighted by molar-refractivity contribution is 0.313. The molecule has 0 saturated heterocycles. The Labute approximate surface area is 126 Å². The van der Waals surface area contributed by atoms with Crippen molar-refractivity contribution in [2.45, 2.75) is 19.8 Å².